The van der Waals surface area contributed by atoms with Crippen LogP contribution in [0.25, 0.3) is 6.08 Å². The lowest BCUT2D eigenvalue weighted by Gasteiger charge is -2.20. The Balaban J connectivity index is 2.29. The van der Waals surface area contributed by atoms with Crippen molar-refractivity contribution in [2.45, 2.75) is 19.8 Å². The van der Waals surface area contributed by atoms with Gasteiger partial charge in [-0.25, -0.2) is 0 Å². The number of halogens is 1. The lowest BCUT2D eigenvalue weighted by Crippen LogP contribution is -2.17. The number of ether oxygens (including phenoxy) is 1. The zero-order chi connectivity index (χ0) is 12.4. The summed E-state index contributed by atoms with van der Waals surface area (Å²) >= 11 is 5.95. The summed E-state index contributed by atoms with van der Waals surface area (Å²) in [4.78, 5) is 11.5. The summed E-state index contributed by atoms with van der Waals surface area (Å²) in [5.41, 5.74) is 3.54. The first kappa shape index (κ1) is 12.2. The van der Waals surface area contributed by atoms with Crippen LogP contribution in [0.5, 0.6) is 0 Å². The average Bonchev–Trinajstić information content (AvgIpc) is 2.36. The van der Waals surface area contributed by atoms with Gasteiger partial charge in [0, 0.05) is 5.02 Å². The SMILES string of the molecule is COC(=O)C(C)C1=Cc2ccc(Cl)cc2CC1. The molecule has 0 radical (unpaired) electrons. The quantitative estimate of drug-likeness (QED) is 0.752. The van der Waals surface area contributed by atoms with Crippen LogP contribution >= 0.6 is 11.6 Å². The fourth-order valence-electron chi connectivity index (χ4n) is 2.15. The van der Waals surface area contributed by atoms with Gasteiger partial charge in [0.25, 0.3) is 0 Å². The van der Waals surface area contributed by atoms with E-state index in [1.54, 1.807) is 0 Å². The van der Waals surface area contributed by atoms with Crippen LogP contribution in [0.3, 0.4) is 0 Å². The molecule has 90 valence electrons. The maximum Gasteiger partial charge on any atom is 0.312 e. The maximum absolute atomic E-state index is 11.5. The molecule has 0 heterocycles. The van der Waals surface area contributed by atoms with Crippen molar-refractivity contribution in [3.63, 3.8) is 0 Å². The Hall–Kier alpha value is -1.28. The fraction of sp³-hybridized carbons (Fsp3) is 0.357. The van der Waals surface area contributed by atoms with E-state index in [0.717, 1.165) is 29.0 Å². The van der Waals surface area contributed by atoms with E-state index >= 15 is 0 Å². The van der Waals surface area contributed by atoms with Gasteiger partial charge in [0.1, 0.15) is 0 Å². The van der Waals surface area contributed by atoms with E-state index in [9.17, 15) is 4.79 Å². The molecule has 0 N–H and O–H groups in total. The highest BCUT2D eigenvalue weighted by molar-refractivity contribution is 6.30. The molecular formula is C14H15ClO2. The van der Waals surface area contributed by atoms with Crippen LogP contribution in [0.4, 0.5) is 0 Å². The van der Waals surface area contributed by atoms with Crippen LogP contribution in [0.15, 0.2) is 23.8 Å². The molecule has 0 fully saturated rings. The number of carbonyl (C=O) groups excluding carboxylic acids is 1. The Labute approximate surface area is 106 Å². The molecule has 0 aromatic heterocycles. The Morgan fingerprint density at radius 2 is 2.18 bits per heavy atom. The minimum absolute atomic E-state index is 0.163. The number of carbonyl (C=O) groups is 1. The van der Waals surface area contributed by atoms with Crippen LogP contribution < -0.4 is 0 Å². The highest BCUT2D eigenvalue weighted by Gasteiger charge is 2.21. The smallest absolute Gasteiger partial charge is 0.312 e. The zero-order valence-corrected chi connectivity index (χ0v) is 10.8. The molecule has 3 heteroatoms. The van der Waals surface area contributed by atoms with Crippen molar-refractivity contribution in [2.24, 2.45) is 5.92 Å². The first-order valence-electron chi connectivity index (χ1n) is 5.68. The van der Waals surface area contributed by atoms with Gasteiger partial charge in [0.05, 0.1) is 13.0 Å². The number of benzene rings is 1. The predicted molar refractivity (Wildman–Crippen MR) is 68.9 cm³/mol. The van der Waals surface area contributed by atoms with Gasteiger partial charge in [-0.1, -0.05) is 29.3 Å². The van der Waals surface area contributed by atoms with Crippen molar-refractivity contribution in [1.29, 1.82) is 0 Å². The summed E-state index contributed by atoms with van der Waals surface area (Å²) < 4.78 is 4.77. The Kier molecular flexibility index (Phi) is 3.53. The van der Waals surface area contributed by atoms with Crippen LogP contribution in [0.1, 0.15) is 24.5 Å². The van der Waals surface area contributed by atoms with Crippen molar-refractivity contribution >= 4 is 23.6 Å². The number of esters is 1. The van der Waals surface area contributed by atoms with Gasteiger partial charge in [-0.2, -0.15) is 0 Å². The number of hydrogen-bond donors (Lipinski definition) is 0. The monoisotopic (exact) mass is 250 g/mol. The van der Waals surface area contributed by atoms with Gasteiger partial charge in [0.2, 0.25) is 0 Å². The Morgan fingerprint density at radius 3 is 2.88 bits per heavy atom. The third kappa shape index (κ3) is 2.52. The molecular weight excluding hydrogens is 236 g/mol. The Bertz CT molecular complexity index is 477. The normalized spacial score (nSPS) is 15.8. The van der Waals surface area contributed by atoms with Crippen LogP contribution in [-0.2, 0) is 16.0 Å². The summed E-state index contributed by atoms with van der Waals surface area (Å²) in [5, 5.41) is 0.765. The third-order valence-electron chi connectivity index (χ3n) is 3.24. The van der Waals surface area contributed by atoms with Crippen LogP contribution in [-0.4, -0.2) is 13.1 Å². The molecule has 1 aliphatic rings. The molecule has 1 aromatic rings. The molecule has 0 saturated carbocycles. The molecule has 0 spiro atoms. The molecule has 0 bridgehead atoms. The molecule has 1 aliphatic carbocycles. The molecule has 1 aromatic carbocycles. The summed E-state index contributed by atoms with van der Waals surface area (Å²) in [6, 6.07) is 5.87. The second-order valence-electron chi connectivity index (χ2n) is 4.31. The van der Waals surface area contributed by atoms with Crippen molar-refractivity contribution < 1.29 is 9.53 Å². The van der Waals surface area contributed by atoms with Gasteiger partial charge >= 0.3 is 5.97 Å². The average molecular weight is 251 g/mol. The number of hydrogen-bond acceptors (Lipinski definition) is 2. The summed E-state index contributed by atoms with van der Waals surface area (Å²) in [6.07, 6.45) is 3.91. The lowest BCUT2D eigenvalue weighted by atomic mass is 9.86. The van der Waals surface area contributed by atoms with E-state index in [1.807, 2.05) is 25.1 Å². The van der Waals surface area contributed by atoms with Crippen molar-refractivity contribution in [3.8, 4) is 0 Å². The first-order valence-corrected chi connectivity index (χ1v) is 6.06. The predicted octanol–water partition coefficient (Wildman–Crippen LogP) is 3.48. The minimum atomic E-state index is -0.173. The fourth-order valence-corrected chi connectivity index (χ4v) is 2.35. The largest absolute Gasteiger partial charge is 0.469 e. The summed E-state index contributed by atoms with van der Waals surface area (Å²) in [7, 11) is 1.43. The number of methoxy groups -OCH3 is 1. The molecule has 1 unspecified atom stereocenters. The molecule has 2 rings (SSSR count). The molecule has 1 atom stereocenters. The van der Waals surface area contributed by atoms with Gasteiger partial charge in [-0.15, -0.1) is 0 Å². The highest BCUT2D eigenvalue weighted by Crippen LogP contribution is 2.30. The topological polar surface area (TPSA) is 26.3 Å². The molecule has 0 amide bonds. The number of fused-ring (bicyclic) bond motifs is 1. The van der Waals surface area contributed by atoms with E-state index in [1.165, 1.54) is 12.7 Å². The summed E-state index contributed by atoms with van der Waals surface area (Å²) in [5.74, 6) is -0.336. The van der Waals surface area contributed by atoms with E-state index in [0.29, 0.717) is 0 Å². The van der Waals surface area contributed by atoms with Crippen molar-refractivity contribution in [1.82, 2.24) is 0 Å². The van der Waals surface area contributed by atoms with E-state index in [4.69, 9.17) is 16.3 Å². The number of rotatable bonds is 2. The van der Waals surface area contributed by atoms with E-state index < -0.39 is 0 Å². The molecule has 0 aliphatic heterocycles. The van der Waals surface area contributed by atoms with E-state index in [2.05, 4.69) is 6.08 Å². The molecule has 2 nitrogen and oxygen atoms in total. The maximum atomic E-state index is 11.5. The lowest BCUT2D eigenvalue weighted by molar-refractivity contribution is -0.143. The number of aryl methyl sites for hydroxylation is 1. The first-order chi connectivity index (χ1) is 8.11. The zero-order valence-electron chi connectivity index (χ0n) is 10.00. The summed E-state index contributed by atoms with van der Waals surface area (Å²) in [6.45, 7) is 1.89. The van der Waals surface area contributed by atoms with Gasteiger partial charge < -0.3 is 4.74 Å². The molecule has 0 saturated heterocycles. The second-order valence-corrected chi connectivity index (χ2v) is 4.74. The van der Waals surface area contributed by atoms with Gasteiger partial charge in [0.15, 0.2) is 0 Å². The Morgan fingerprint density at radius 1 is 1.41 bits per heavy atom. The highest BCUT2D eigenvalue weighted by atomic mass is 35.5. The van der Waals surface area contributed by atoms with Crippen LogP contribution in [0, 0.1) is 5.92 Å². The van der Waals surface area contributed by atoms with Crippen molar-refractivity contribution in [2.75, 3.05) is 7.11 Å². The second kappa shape index (κ2) is 4.92. The van der Waals surface area contributed by atoms with E-state index in [-0.39, 0.29) is 11.9 Å². The third-order valence-corrected chi connectivity index (χ3v) is 3.47. The molecule has 17 heavy (non-hydrogen) atoms. The van der Waals surface area contributed by atoms with Gasteiger partial charge in [-0.05, 0) is 43.0 Å². The minimum Gasteiger partial charge on any atom is -0.469 e. The van der Waals surface area contributed by atoms with Crippen LogP contribution in [0.2, 0.25) is 5.02 Å². The standard InChI is InChI=1S/C14H15ClO2/c1-9(14(16)17-2)10-3-4-12-8-13(15)6-5-11(12)7-10/h5-9H,3-4H2,1-2H3. The van der Waals surface area contributed by atoms with Gasteiger partial charge in [-0.3, -0.25) is 4.79 Å². The van der Waals surface area contributed by atoms with Crippen molar-refractivity contribution in [3.05, 3.63) is 39.9 Å².